The average Bonchev–Trinajstić information content (AvgIpc) is 2.67. The second-order valence-corrected chi connectivity index (χ2v) is 6.51. The molecule has 1 atom stereocenters. The van der Waals surface area contributed by atoms with Crippen LogP contribution in [0.1, 0.15) is 38.8 Å². The van der Waals surface area contributed by atoms with Crippen molar-refractivity contribution < 1.29 is 4.79 Å². The molecular weight excluding hydrogens is 308 g/mol. The largest absolute Gasteiger partial charge is 0.332 e. The van der Waals surface area contributed by atoms with Crippen molar-refractivity contribution in [3.63, 3.8) is 0 Å². The van der Waals surface area contributed by atoms with Gasteiger partial charge in [-0.1, -0.05) is 60.7 Å². The minimum Gasteiger partial charge on any atom is -0.332 e. The van der Waals surface area contributed by atoms with Crippen LogP contribution in [0.25, 0.3) is 0 Å². The molecule has 0 saturated carbocycles. The van der Waals surface area contributed by atoms with E-state index in [1.807, 2.05) is 36.1 Å². The number of benzene rings is 2. The molecule has 0 bridgehead atoms. The highest BCUT2D eigenvalue weighted by atomic mass is 16.2. The Morgan fingerprint density at radius 2 is 1.72 bits per heavy atom. The Kier molecular flexibility index (Phi) is 4.06. The van der Waals surface area contributed by atoms with Crippen LogP contribution in [-0.4, -0.2) is 22.3 Å². The molecule has 25 heavy (non-hydrogen) atoms. The van der Waals surface area contributed by atoms with Gasteiger partial charge in [0, 0.05) is 24.7 Å². The third kappa shape index (κ3) is 3.05. The van der Waals surface area contributed by atoms with Gasteiger partial charge in [-0.05, 0) is 35.7 Å². The molecule has 1 aliphatic rings. The molecule has 0 radical (unpaired) electrons. The molecule has 0 aliphatic carbocycles. The first kappa shape index (κ1) is 15.6. The number of hydrogen-bond donors (Lipinski definition) is 0. The summed E-state index contributed by atoms with van der Waals surface area (Å²) in [6.07, 6.45) is 0. The first-order valence-electron chi connectivity index (χ1n) is 8.58. The zero-order chi connectivity index (χ0) is 17.2. The normalized spacial score (nSPS) is 16.4. The predicted molar refractivity (Wildman–Crippen MR) is 98.4 cm³/mol. The van der Waals surface area contributed by atoms with Gasteiger partial charge in [0.2, 0.25) is 0 Å². The van der Waals surface area contributed by atoms with Crippen molar-refractivity contribution in [1.82, 2.24) is 9.88 Å². The van der Waals surface area contributed by atoms with E-state index in [9.17, 15) is 4.79 Å². The Bertz CT molecular complexity index is 905. The van der Waals surface area contributed by atoms with Crippen molar-refractivity contribution in [3.8, 4) is 0 Å². The Morgan fingerprint density at radius 1 is 0.960 bits per heavy atom. The van der Waals surface area contributed by atoms with Crippen LogP contribution in [0.5, 0.6) is 0 Å². The van der Waals surface area contributed by atoms with Crippen LogP contribution < -0.4 is 0 Å². The maximum Gasteiger partial charge on any atom is 0.272 e. The van der Waals surface area contributed by atoms with Gasteiger partial charge in [0.05, 0.1) is 0 Å². The third-order valence-corrected chi connectivity index (χ3v) is 4.79. The molecule has 124 valence electrons. The van der Waals surface area contributed by atoms with Crippen LogP contribution in [-0.2, 0) is 6.54 Å². The molecule has 0 N–H and O–H groups in total. The lowest BCUT2D eigenvalue weighted by molar-refractivity contribution is 0.0719. The lowest BCUT2D eigenvalue weighted by atomic mass is 9.84. The van der Waals surface area contributed by atoms with E-state index < -0.39 is 0 Å². The van der Waals surface area contributed by atoms with Crippen LogP contribution in [0.2, 0.25) is 0 Å². The SMILES string of the molecule is Cc1cccc(C(=O)N2Cc3ccccc3[C@@H](c3ccccc3)C2)n1. The molecule has 0 spiro atoms. The Hall–Kier alpha value is -2.94. The van der Waals surface area contributed by atoms with Gasteiger partial charge in [0.1, 0.15) is 5.69 Å². The van der Waals surface area contributed by atoms with E-state index in [0.29, 0.717) is 18.8 Å². The summed E-state index contributed by atoms with van der Waals surface area (Å²) in [6.45, 7) is 3.22. The summed E-state index contributed by atoms with van der Waals surface area (Å²) in [7, 11) is 0. The van der Waals surface area contributed by atoms with E-state index in [0.717, 1.165) is 5.69 Å². The number of pyridine rings is 1. The van der Waals surface area contributed by atoms with E-state index in [1.54, 1.807) is 6.07 Å². The van der Waals surface area contributed by atoms with Crippen molar-refractivity contribution in [2.24, 2.45) is 0 Å². The Balaban J connectivity index is 1.71. The van der Waals surface area contributed by atoms with Crippen molar-refractivity contribution in [2.45, 2.75) is 19.4 Å². The number of aromatic nitrogens is 1. The minimum absolute atomic E-state index is 0.000802. The number of nitrogens with zero attached hydrogens (tertiary/aromatic N) is 2. The molecule has 1 aromatic heterocycles. The van der Waals surface area contributed by atoms with E-state index in [2.05, 4.69) is 47.4 Å². The van der Waals surface area contributed by atoms with Crippen molar-refractivity contribution in [3.05, 3.63) is 101 Å². The highest BCUT2D eigenvalue weighted by Crippen LogP contribution is 2.33. The van der Waals surface area contributed by atoms with Crippen LogP contribution in [0, 0.1) is 6.92 Å². The minimum atomic E-state index is -0.000802. The number of aryl methyl sites for hydroxylation is 1. The number of fused-ring (bicyclic) bond motifs is 1. The first-order valence-corrected chi connectivity index (χ1v) is 8.58. The molecule has 2 heterocycles. The van der Waals surface area contributed by atoms with Crippen molar-refractivity contribution in [2.75, 3.05) is 6.54 Å². The summed E-state index contributed by atoms with van der Waals surface area (Å²) in [6, 6.07) is 24.4. The molecule has 4 rings (SSSR count). The van der Waals surface area contributed by atoms with Gasteiger partial charge in [-0.2, -0.15) is 0 Å². The van der Waals surface area contributed by atoms with Gasteiger partial charge in [0.25, 0.3) is 5.91 Å². The zero-order valence-electron chi connectivity index (χ0n) is 14.2. The van der Waals surface area contributed by atoms with Crippen LogP contribution in [0.3, 0.4) is 0 Å². The molecule has 3 aromatic rings. The summed E-state index contributed by atoms with van der Waals surface area (Å²) in [5.74, 6) is 0.194. The fraction of sp³-hybridized carbons (Fsp3) is 0.182. The van der Waals surface area contributed by atoms with Gasteiger partial charge in [-0.15, -0.1) is 0 Å². The van der Waals surface area contributed by atoms with E-state index in [-0.39, 0.29) is 11.8 Å². The fourth-order valence-electron chi connectivity index (χ4n) is 3.56. The molecule has 0 unspecified atom stereocenters. The molecule has 2 aromatic carbocycles. The number of carbonyl (C=O) groups is 1. The van der Waals surface area contributed by atoms with Crippen molar-refractivity contribution in [1.29, 1.82) is 0 Å². The van der Waals surface area contributed by atoms with Crippen LogP contribution in [0.4, 0.5) is 0 Å². The topological polar surface area (TPSA) is 33.2 Å². The molecule has 0 saturated heterocycles. The average molecular weight is 328 g/mol. The van der Waals surface area contributed by atoms with Crippen LogP contribution >= 0.6 is 0 Å². The number of rotatable bonds is 2. The standard InChI is InChI=1S/C22H20N2O/c1-16-8-7-13-21(23-16)22(25)24-14-18-11-5-6-12-19(18)20(15-24)17-9-3-2-4-10-17/h2-13,20H,14-15H2,1H3/t20-/m1/s1. The Morgan fingerprint density at radius 3 is 2.52 bits per heavy atom. The lowest BCUT2D eigenvalue weighted by Crippen LogP contribution is -2.39. The molecule has 3 heteroatoms. The van der Waals surface area contributed by atoms with Crippen molar-refractivity contribution >= 4 is 5.91 Å². The van der Waals surface area contributed by atoms with E-state index in [1.165, 1.54) is 16.7 Å². The molecule has 3 nitrogen and oxygen atoms in total. The number of hydrogen-bond acceptors (Lipinski definition) is 2. The maximum absolute atomic E-state index is 13.0. The Labute approximate surface area is 148 Å². The first-order chi connectivity index (χ1) is 12.2. The quantitative estimate of drug-likeness (QED) is 0.707. The van der Waals surface area contributed by atoms with Crippen LogP contribution in [0.15, 0.2) is 72.8 Å². The predicted octanol–water partition coefficient (Wildman–Crippen LogP) is 4.18. The maximum atomic E-state index is 13.0. The number of carbonyl (C=O) groups excluding carboxylic acids is 1. The highest BCUT2D eigenvalue weighted by molar-refractivity contribution is 5.92. The van der Waals surface area contributed by atoms with Gasteiger partial charge in [-0.25, -0.2) is 4.98 Å². The second kappa shape index (κ2) is 6.52. The monoisotopic (exact) mass is 328 g/mol. The van der Waals surface area contributed by atoms with Gasteiger partial charge < -0.3 is 4.90 Å². The molecule has 0 fully saturated rings. The second-order valence-electron chi connectivity index (χ2n) is 6.51. The summed E-state index contributed by atoms with van der Waals surface area (Å²) < 4.78 is 0. The fourth-order valence-corrected chi connectivity index (χ4v) is 3.56. The van der Waals surface area contributed by atoms with E-state index in [4.69, 9.17) is 0 Å². The molecular formula is C22H20N2O. The summed E-state index contributed by atoms with van der Waals surface area (Å²) >= 11 is 0. The smallest absolute Gasteiger partial charge is 0.272 e. The zero-order valence-corrected chi connectivity index (χ0v) is 14.2. The summed E-state index contributed by atoms with van der Waals surface area (Å²) in [5, 5.41) is 0. The lowest BCUT2D eigenvalue weighted by Gasteiger charge is -2.35. The third-order valence-electron chi connectivity index (χ3n) is 4.79. The molecule has 1 aliphatic heterocycles. The van der Waals surface area contributed by atoms with Gasteiger partial charge >= 0.3 is 0 Å². The summed E-state index contributed by atoms with van der Waals surface area (Å²) in [5.41, 5.74) is 5.15. The summed E-state index contributed by atoms with van der Waals surface area (Å²) in [4.78, 5) is 19.3. The molecule has 1 amide bonds. The highest BCUT2D eigenvalue weighted by Gasteiger charge is 2.29. The van der Waals surface area contributed by atoms with Gasteiger partial charge in [-0.3, -0.25) is 4.79 Å². The van der Waals surface area contributed by atoms with E-state index >= 15 is 0 Å². The van der Waals surface area contributed by atoms with Gasteiger partial charge in [0.15, 0.2) is 0 Å². The number of amides is 1.